The van der Waals surface area contributed by atoms with Crippen molar-refractivity contribution in [2.24, 2.45) is 5.41 Å². The molecule has 0 aliphatic rings. The number of carbonyl (C=O) groups excluding carboxylic acids is 3. The highest BCUT2D eigenvalue weighted by Crippen LogP contribution is 2.22. The Morgan fingerprint density at radius 3 is 2.25 bits per heavy atom. The lowest BCUT2D eigenvalue weighted by Gasteiger charge is -2.29. The first kappa shape index (κ1) is 29.2. The number of rotatable bonds is 10. The molecule has 0 unspecified atom stereocenters. The molecule has 36 heavy (non-hydrogen) atoms. The van der Waals surface area contributed by atoms with Crippen molar-refractivity contribution in [1.82, 2.24) is 26.1 Å². The van der Waals surface area contributed by atoms with E-state index in [0.29, 0.717) is 22.3 Å². The second kappa shape index (κ2) is 13.3. The fourth-order valence-corrected chi connectivity index (χ4v) is 3.53. The van der Waals surface area contributed by atoms with Crippen LogP contribution >= 0.6 is 23.2 Å². The van der Waals surface area contributed by atoms with Crippen LogP contribution in [0.3, 0.4) is 0 Å². The number of benzene rings is 2. The summed E-state index contributed by atoms with van der Waals surface area (Å²) in [6.07, 6.45) is 0. The zero-order valence-electron chi connectivity index (χ0n) is 20.9. The van der Waals surface area contributed by atoms with Crippen LogP contribution in [0.1, 0.15) is 25.0 Å². The molecule has 0 aromatic heterocycles. The van der Waals surface area contributed by atoms with Crippen LogP contribution in [-0.2, 0) is 22.6 Å². The molecular formula is C24H32Cl2N6O4. The molecule has 0 spiro atoms. The van der Waals surface area contributed by atoms with Gasteiger partial charge in [-0.15, -0.1) is 5.53 Å². The van der Waals surface area contributed by atoms with E-state index in [1.54, 1.807) is 50.2 Å². The third-order valence-electron chi connectivity index (χ3n) is 5.05. The van der Waals surface area contributed by atoms with Crippen molar-refractivity contribution in [3.05, 3.63) is 63.6 Å². The fourth-order valence-electron chi connectivity index (χ4n) is 3.17. The SMILES string of the molecule is COC(=O)C(C)(C)CN(C(=O)NCc1ccc(Cl)cc1)C(=O)NNNc1ccc(CN(C)C)c(Cl)c1. The summed E-state index contributed by atoms with van der Waals surface area (Å²) in [5.74, 6) is -0.565. The Balaban J connectivity index is 2.05. The minimum atomic E-state index is -1.15. The molecule has 2 aromatic carbocycles. The second-order valence-electron chi connectivity index (χ2n) is 8.97. The molecule has 0 bridgehead atoms. The number of nitrogens with zero attached hydrogens (tertiary/aromatic N) is 2. The van der Waals surface area contributed by atoms with Gasteiger partial charge in [0.25, 0.3) is 0 Å². The summed E-state index contributed by atoms with van der Waals surface area (Å²) in [6.45, 7) is 3.76. The zero-order chi connectivity index (χ0) is 26.9. The Morgan fingerprint density at radius 2 is 1.67 bits per heavy atom. The maximum atomic E-state index is 12.9. The first-order valence-electron chi connectivity index (χ1n) is 11.1. The first-order chi connectivity index (χ1) is 16.9. The van der Waals surface area contributed by atoms with E-state index < -0.39 is 23.4 Å². The molecular weight excluding hydrogens is 507 g/mol. The number of esters is 1. The molecule has 196 valence electrons. The number of halogens is 2. The van der Waals surface area contributed by atoms with Crippen LogP contribution in [0.4, 0.5) is 15.3 Å². The molecule has 0 fully saturated rings. The summed E-state index contributed by atoms with van der Waals surface area (Å²) in [7, 11) is 5.13. The second-order valence-corrected chi connectivity index (χ2v) is 9.81. The van der Waals surface area contributed by atoms with Gasteiger partial charge in [0, 0.05) is 29.7 Å². The van der Waals surface area contributed by atoms with Crippen LogP contribution in [0.5, 0.6) is 0 Å². The molecule has 4 amide bonds. The molecule has 2 aromatic rings. The smallest absolute Gasteiger partial charge is 0.341 e. The molecule has 0 heterocycles. The van der Waals surface area contributed by atoms with Crippen molar-refractivity contribution in [3.63, 3.8) is 0 Å². The largest absolute Gasteiger partial charge is 0.469 e. The van der Waals surface area contributed by atoms with Gasteiger partial charge in [0.2, 0.25) is 0 Å². The van der Waals surface area contributed by atoms with Crippen LogP contribution in [0.2, 0.25) is 10.0 Å². The van der Waals surface area contributed by atoms with Gasteiger partial charge in [-0.2, -0.15) is 0 Å². The number of hydrogen-bond acceptors (Lipinski definition) is 7. The van der Waals surface area contributed by atoms with Crippen LogP contribution in [0, 0.1) is 5.41 Å². The number of anilines is 1. The van der Waals surface area contributed by atoms with Crippen molar-refractivity contribution in [1.29, 1.82) is 0 Å². The van der Waals surface area contributed by atoms with Gasteiger partial charge in [-0.1, -0.05) is 41.4 Å². The van der Waals surface area contributed by atoms with E-state index in [2.05, 4.69) is 21.7 Å². The van der Waals surface area contributed by atoms with Gasteiger partial charge >= 0.3 is 18.0 Å². The van der Waals surface area contributed by atoms with Gasteiger partial charge in [0.1, 0.15) is 0 Å². The average molecular weight is 539 g/mol. The molecule has 4 N–H and O–H groups in total. The van der Waals surface area contributed by atoms with Crippen LogP contribution in [0.25, 0.3) is 0 Å². The molecule has 0 saturated heterocycles. The highest BCUT2D eigenvalue weighted by Gasteiger charge is 2.35. The van der Waals surface area contributed by atoms with Crippen LogP contribution < -0.4 is 21.7 Å². The van der Waals surface area contributed by atoms with E-state index in [9.17, 15) is 14.4 Å². The Hall–Kier alpha value is -3.05. The fraction of sp³-hybridized carbons (Fsp3) is 0.375. The lowest BCUT2D eigenvalue weighted by atomic mass is 9.93. The number of carbonyl (C=O) groups is 3. The lowest BCUT2D eigenvalue weighted by Crippen LogP contribution is -2.56. The summed E-state index contributed by atoms with van der Waals surface area (Å²) in [5.41, 5.74) is 8.96. The lowest BCUT2D eigenvalue weighted by molar-refractivity contribution is -0.151. The summed E-state index contributed by atoms with van der Waals surface area (Å²) in [5, 5.41) is 3.81. The Labute approximate surface area is 221 Å². The highest BCUT2D eigenvalue weighted by molar-refractivity contribution is 6.31. The van der Waals surface area contributed by atoms with Gasteiger partial charge in [-0.3, -0.25) is 10.2 Å². The van der Waals surface area contributed by atoms with E-state index in [4.69, 9.17) is 27.9 Å². The maximum absolute atomic E-state index is 12.9. The molecule has 2 rings (SSSR count). The van der Waals surface area contributed by atoms with Crippen molar-refractivity contribution in [2.75, 3.05) is 33.2 Å². The number of hydrogen-bond donors (Lipinski definition) is 4. The number of ether oxygens (including phenoxy) is 1. The quantitative estimate of drug-likeness (QED) is 0.267. The Bertz CT molecular complexity index is 1060. The third kappa shape index (κ3) is 8.87. The van der Waals surface area contributed by atoms with Crippen LogP contribution in [-0.4, -0.2) is 55.6 Å². The third-order valence-corrected chi connectivity index (χ3v) is 5.66. The van der Waals surface area contributed by atoms with E-state index in [-0.39, 0.29) is 13.1 Å². The van der Waals surface area contributed by atoms with E-state index >= 15 is 0 Å². The van der Waals surface area contributed by atoms with Crippen molar-refractivity contribution in [3.8, 4) is 0 Å². The number of amides is 4. The Kier molecular flexibility index (Phi) is 10.8. The maximum Gasteiger partial charge on any atom is 0.341 e. The minimum absolute atomic E-state index is 0.155. The standard InChI is InChI=1S/C24H32Cl2N6O4/c1-24(2,21(33)36-5)15-32(22(34)27-13-16-6-9-18(25)10-7-16)23(35)29-30-28-19-11-8-17(14-31(3)4)20(26)12-19/h6-12,28,30H,13-15H2,1-5H3,(H,27,34)(H,29,35). The summed E-state index contributed by atoms with van der Waals surface area (Å²) >= 11 is 12.2. The Morgan fingerprint density at radius 1 is 1.00 bits per heavy atom. The molecule has 0 aliphatic heterocycles. The van der Waals surface area contributed by atoms with Gasteiger partial charge in [-0.25, -0.2) is 14.5 Å². The van der Waals surface area contributed by atoms with Crippen molar-refractivity contribution < 1.29 is 19.1 Å². The number of imide groups is 1. The predicted molar refractivity (Wildman–Crippen MR) is 140 cm³/mol. The minimum Gasteiger partial charge on any atom is -0.469 e. The molecule has 0 saturated carbocycles. The van der Waals surface area contributed by atoms with Gasteiger partial charge in [0.15, 0.2) is 0 Å². The van der Waals surface area contributed by atoms with E-state index in [1.165, 1.54) is 7.11 Å². The summed E-state index contributed by atoms with van der Waals surface area (Å²) < 4.78 is 4.81. The molecule has 0 aliphatic carbocycles. The van der Waals surface area contributed by atoms with Crippen molar-refractivity contribution in [2.45, 2.75) is 26.9 Å². The molecule has 0 atom stereocenters. The average Bonchev–Trinajstić information content (AvgIpc) is 2.82. The van der Waals surface area contributed by atoms with Gasteiger partial charge in [-0.05, 0) is 63.3 Å². The summed E-state index contributed by atoms with van der Waals surface area (Å²) in [6, 6.07) is 10.8. The topological polar surface area (TPSA) is 115 Å². The summed E-state index contributed by atoms with van der Waals surface area (Å²) in [4.78, 5) is 40.9. The van der Waals surface area contributed by atoms with Gasteiger partial charge in [0.05, 0.1) is 18.2 Å². The number of hydrazine groups is 2. The normalized spacial score (nSPS) is 11.1. The predicted octanol–water partition coefficient (Wildman–Crippen LogP) is 4.01. The molecule has 12 heteroatoms. The number of urea groups is 2. The number of methoxy groups -OCH3 is 1. The van der Waals surface area contributed by atoms with Crippen molar-refractivity contribution >= 4 is 46.9 Å². The molecule has 0 radical (unpaired) electrons. The zero-order valence-corrected chi connectivity index (χ0v) is 22.5. The van der Waals surface area contributed by atoms with E-state index in [1.807, 2.05) is 25.1 Å². The highest BCUT2D eigenvalue weighted by atomic mass is 35.5. The monoisotopic (exact) mass is 538 g/mol. The first-order valence-corrected chi connectivity index (χ1v) is 11.8. The van der Waals surface area contributed by atoms with Gasteiger partial charge < -0.3 is 20.4 Å². The van der Waals surface area contributed by atoms with E-state index in [0.717, 1.165) is 16.0 Å². The molecule has 10 nitrogen and oxygen atoms in total. The van der Waals surface area contributed by atoms with Crippen LogP contribution in [0.15, 0.2) is 42.5 Å². The number of nitrogens with one attached hydrogen (secondary N) is 4.